The quantitative estimate of drug-likeness (QED) is 0.867. The summed E-state index contributed by atoms with van der Waals surface area (Å²) in [5, 5.41) is 12.1. The highest BCUT2D eigenvalue weighted by atomic mass is 19.1. The summed E-state index contributed by atoms with van der Waals surface area (Å²) in [6.07, 6.45) is 1.65. The van der Waals surface area contributed by atoms with Gasteiger partial charge in [0.1, 0.15) is 28.8 Å². The number of aromatic hydroxyl groups is 1. The van der Waals surface area contributed by atoms with Gasteiger partial charge in [0.2, 0.25) is 0 Å². The third-order valence-electron chi connectivity index (χ3n) is 4.35. The van der Waals surface area contributed by atoms with E-state index in [1.54, 1.807) is 6.20 Å². The Morgan fingerprint density at radius 3 is 2.58 bits per heavy atom. The molecule has 138 valence electrons. The molecule has 0 aliphatic carbocycles. The number of carbonyl (C=O) groups is 1. The first-order chi connectivity index (χ1) is 12.4. The summed E-state index contributed by atoms with van der Waals surface area (Å²) in [6.45, 7) is 3.88. The van der Waals surface area contributed by atoms with E-state index in [0.29, 0.717) is 12.1 Å². The van der Waals surface area contributed by atoms with Crippen LogP contribution in [0.15, 0.2) is 30.5 Å². The van der Waals surface area contributed by atoms with E-state index >= 15 is 0 Å². The number of phenolic OH excluding ortho intramolecular Hbond substituents is 1. The van der Waals surface area contributed by atoms with Crippen molar-refractivity contribution < 1.29 is 18.7 Å². The van der Waals surface area contributed by atoms with E-state index in [-0.39, 0.29) is 6.54 Å². The van der Waals surface area contributed by atoms with Crippen LogP contribution in [0.25, 0.3) is 0 Å². The highest BCUT2D eigenvalue weighted by molar-refractivity contribution is 5.97. The number of benzene rings is 1. The first-order valence-electron chi connectivity index (χ1n) is 8.28. The summed E-state index contributed by atoms with van der Waals surface area (Å²) < 4.78 is 26.7. The standard InChI is InChI=1S/C18H20F2N4O2/c1-23-4-6-24(7-5-23)16-3-2-12(10-21-16)11-22-18(26)17-14(20)8-13(19)9-15(17)25/h2-3,8-10,25H,4-7,11H2,1H3,(H,22,26). The number of anilines is 1. The highest BCUT2D eigenvalue weighted by Gasteiger charge is 2.18. The summed E-state index contributed by atoms with van der Waals surface area (Å²) >= 11 is 0. The maximum absolute atomic E-state index is 13.7. The number of halogens is 2. The molecule has 0 bridgehead atoms. The molecular formula is C18H20F2N4O2. The molecular weight excluding hydrogens is 342 g/mol. The van der Waals surface area contributed by atoms with Gasteiger partial charge in [0.15, 0.2) is 0 Å². The Hall–Kier alpha value is -2.74. The van der Waals surface area contributed by atoms with Gasteiger partial charge in [-0.1, -0.05) is 6.07 Å². The van der Waals surface area contributed by atoms with Gasteiger partial charge in [-0.15, -0.1) is 0 Å². The van der Waals surface area contributed by atoms with Crippen LogP contribution in [0.2, 0.25) is 0 Å². The molecule has 1 aromatic heterocycles. The van der Waals surface area contributed by atoms with E-state index in [2.05, 4.69) is 27.1 Å². The lowest BCUT2D eigenvalue weighted by molar-refractivity contribution is 0.0944. The maximum Gasteiger partial charge on any atom is 0.258 e. The summed E-state index contributed by atoms with van der Waals surface area (Å²) in [7, 11) is 2.08. The van der Waals surface area contributed by atoms with E-state index in [4.69, 9.17) is 0 Å². The van der Waals surface area contributed by atoms with Gasteiger partial charge in [0, 0.05) is 51.1 Å². The number of piperazine rings is 1. The number of phenols is 1. The first-order valence-corrected chi connectivity index (χ1v) is 8.28. The van der Waals surface area contributed by atoms with Crippen LogP contribution < -0.4 is 10.2 Å². The zero-order valence-corrected chi connectivity index (χ0v) is 14.4. The van der Waals surface area contributed by atoms with Crippen LogP contribution in [0.3, 0.4) is 0 Å². The Morgan fingerprint density at radius 1 is 1.23 bits per heavy atom. The number of amides is 1. The van der Waals surface area contributed by atoms with Crippen molar-refractivity contribution in [3.63, 3.8) is 0 Å². The predicted molar refractivity (Wildman–Crippen MR) is 93.1 cm³/mol. The molecule has 3 rings (SSSR count). The number of likely N-dealkylation sites (N-methyl/N-ethyl adjacent to an activating group) is 1. The summed E-state index contributed by atoms with van der Waals surface area (Å²) in [5.41, 5.74) is 0.159. The normalized spacial score (nSPS) is 15.1. The van der Waals surface area contributed by atoms with Crippen LogP contribution in [-0.2, 0) is 6.54 Å². The molecule has 8 heteroatoms. The number of nitrogens with one attached hydrogen (secondary N) is 1. The van der Waals surface area contributed by atoms with Gasteiger partial charge in [-0.3, -0.25) is 4.79 Å². The lowest BCUT2D eigenvalue weighted by atomic mass is 10.1. The molecule has 0 spiro atoms. The molecule has 0 unspecified atom stereocenters. The maximum atomic E-state index is 13.7. The van der Waals surface area contributed by atoms with Gasteiger partial charge in [-0.2, -0.15) is 0 Å². The molecule has 1 aliphatic heterocycles. The van der Waals surface area contributed by atoms with Crippen molar-refractivity contribution in [3.05, 3.63) is 53.2 Å². The van der Waals surface area contributed by atoms with E-state index in [1.165, 1.54) is 0 Å². The molecule has 1 saturated heterocycles. The fourth-order valence-corrected chi connectivity index (χ4v) is 2.80. The second-order valence-corrected chi connectivity index (χ2v) is 6.28. The SMILES string of the molecule is CN1CCN(c2ccc(CNC(=O)c3c(O)cc(F)cc3F)cn2)CC1. The van der Waals surface area contributed by atoms with Gasteiger partial charge in [-0.05, 0) is 18.7 Å². The van der Waals surface area contributed by atoms with E-state index in [0.717, 1.165) is 37.6 Å². The fraction of sp³-hybridized carbons (Fsp3) is 0.333. The summed E-state index contributed by atoms with van der Waals surface area (Å²) in [4.78, 5) is 20.9. The Bertz CT molecular complexity index is 767. The van der Waals surface area contributed by atoms with Crippen molar-refractivity contribution in [1.82, 2.24) is 15.2 Å². The van der Waals surface area contributed by atoms with E-state index in [9.17, 15) is 18.7 Å². The third kappa shape index (κ3) is 4.08. The van der Waals surface area contributed by atoms with Crippen molar-refractivity contribution >= 4 is 11.7 Å². The van der Waals surface area contributed by atoms with Crippen LogP contribution >= 0.6 is 0 Å². The Kier molecular flexibility index (Phi) is 5.32. The number of hydrogen-bond donors (Lipinski definition) is 2. The van der Waals surface area contributed by atoms with Gasteiger partial charge in [0.05, 0.1) is 0 Å². The molecule has 2 N–H and O–H groups in total. The number of pyridine rings is 1. The lowest BCUT2D eigenvalue weighted by Crippen LogP contribution is -2.44. The van der Waals surface area contributed by atoms with Crippen LogP contribution in [0.1, 0.15) is 15.9 Å². The van der Waals surface area contributed by atoms with Crippen LogP contribution in [-0.4, -0.2) is 54.1 Å². The minimum Gasteiger partial charge on any atom is -0.507 e. The molecule has 0 saturated carbocycles. The van der Waals surface area contributed by atoms with Crippen molar-refractivity contribution in [2.45, 2.75) is 6.54 Å². The Labute approximate surface area is 150 Å². The molecule has 2 aromatic rings. The molecule has 6 nitrogen and oxygen atoms in total. The zero-order chi connectivity index (χ0) is 18.7. The molecule has 0 radical (unpaired) electrons. The summed E-state index contributed by atoms with van der Waals surface area (Å²) in [6, 6.07) is 4.97. The lowest BCUT2D eigenvalue weighted by Gasteiger charge is -2.33. The molecule has 26 heavy (non-hydrogen) atoms. The molecule has 1 aliphatic rings. The highest BCUT2D eigenvalue weighted by Crippen LogP contribution is 2.22. The van der Waals surface area contributed by atoms with E-state index in [1.807, 2.05) is 12.1 Å². The first kappa shape index (κ1) is 18.1. The van der Waals surface area contributed by atoms with Gasteiger partial charge in [-0.25, -0.2) is 13.8 Å². The number of carbonyl (C=O) groups excluding carboxylic acids is 1. The van der Waals surface area contributed by atoms with E-state index < -0.39 is 28.9 Å². The van der Waals surface area contributed by atoms with Crippen LogP contribution in [0.4, 0.5) is 14.6 Å². The average Bonchev–Trinajstić information content (AvgIpc) is 2.60. The van der Waals surface area contributed by atoms with Crippen molar-refractivity contribution in [2.75, 3.05) is 38.1 Å². The summed E-state index contributed by atoms with van der Waals surface area (Å²) in [5.74, 6) is -2.73. The second kappa shape index (κ2) is 7.65. The van der Waals surface area contributed by atoms with Crippen molar-refractivity contribution in [3.8, 4) is 5.75 Å². The molecule has 0 atom stereocenters. The predicted octanol–water partition coefficient (Wildman–Crippen LogP) is 1.75. The van der Waals surface area contributed by atoms with Gasteiger partial charge < -0.3 is 20.2 Å². The third-order valence-corrected chi connectivity index (χ3v) is 4.35. The van der Waals surface area contributed by atoms with Gasteiger partial charge >= 0.3 is 0 Å². The van der Waals surface area contributed by atoms with Crippen LogP contribution in [0, 0.1) is 11.6 Å². The van der Waals surface area contributed by atoms with Crippen LogP contribution in [0.5, 0.6) is 5.75 Å². The van der Waals surface area contributed by atoms with Gasteiger partial charge in [0.25, 0.3) is 5.91 Å². The molecule has 1 amide bonds. The van der Waals surface area contributed by atoms with Crippen molar-refractivity contribution in [2.24, 2.45) is 0 Å². The Balaban J connectivity index is 1.61. The minimum absolute atomic E-state index is 0.116. The van der Waals surface area contributed by atoms with Crippen molar-refractivity contribution in [1.29, 1.82) is 0 Å². The Morgan fingerprint density at radius 2 is 1.96 bits per heavy atom. The molecule has 1 aromatic carbocycles. The number of aromatic nitrogens is 1. The molecule has 2 heterocycles. The topological polar surface area (TPSA) is 68.7 Å². The molecule has 1 fully saturated rings. The number of hydrogen-bond acceptors (Lipinski definition) is 5. The largest absolute Gasteiger partial charge is 0.507 e. The fourth-order valence-electron chi connectivity index (χ4n) is 2.80. The zero-order valence-electron chi connectivity index (χ0n) is 14.4. The average molecular weight is 362 g/mol. The second-order valence-electron chi connectivity index (χ2n) is 6.28. The smallest absolute Gasteiger partial charge is 0.258 e. The monoisotopic (exact) mass is 362 g/mol. The minimum atomic E-state index is -1.11. The number of rotatable bonds is 4. The number of nitrogens with zero attached hydrogens (tertiary/aromatic N) is 3.